The van der Waals surface area contributed by atoms with E-state index in [1.807, 2.05) is 44.2 Å². The highest BCUT2D eigenvalue weighted by Crippen LogP contribution is 2.16. The molecule has 2 rings (SSSR count). The van der Waals surface area contributed by atoms with Crippen molar-refractivity contribution in [3.63, 3.8) is 0 Å². The van der Waals surface area contributed by atoms with Crippen LogP contribution in [-0.2, 0) is 9.59 Å². The number of hydrogen-bond donors (Lipinski definition) is 2. The molecule has 2 N–H and O–H groups in total. The average Bonchev–Trinajstić information content (AvgIpc) is 2.52. The van der Waals surface area contributed by atoms with Crippen LogP contribution < -0.4 is 15.4 Å². The number of rotatable bonds is 5. The second-order valence-electron chi connectivity index (χ2n) is 5.30. The van der Waals surface area contributed by atoms with Crippen LogP contribution >= 0.6 is 11.8 Å². The van der Waals surface area contributed by atoms with E-state index in [1.165, 1.54) is 17.3 Å². The molecule has 0 radical (unpaired) electrons. The Morgan fingerprint density at radius 1 is 1.26 bits per heavy atom. The van der Waals surface area contributed by atoms with Gasteiger partial charge in [0.2, 0.25) is 0 Å². The van der Waals surface area contributed by atoms with Crippen LogP contribution in [0, 0.1) is 0 Å². The van der Waals surface area contributed by atoms with Gasteiger partial charge < -0.3 is 15.4 Å². The van der Waals surface area contributed by atoms with Gasteiger partial charge in [-0.05, 0) is 50.0 Å². The van der Waals surface area contributed by atoms with Gasteiger partial charge in [0, 0.05) is 0 Å². The van der Waals surface area contributed by atoms with Crippen molar-refractivity contribution in [1.82, 2.24) is 10.6 Å². The normalized spacial score (nSPS) is 19.1. The molecule has 1 aromatic carbocycles. The molecule has 1 aliphatic rings. The van der Waals surface area contributed by atoms with Crippen LogP contribution in [0.2, 0.25) is 0 Å². The van der Waals surface area contributed by atoms with Crippen LogP contribution in [0.25, 0.3) is 6.08 Å². The van der Waals surface area contributed by atoms with Crippen molar-refractivity contribution in [2.45, 2.75) is 19.2 Å². The molecule has 0 aromatic heterocycles. The van der Waals surface area contributed by atoms with E-state index in [9.17, 15) is 9.59 Å². The van der Waals surface area contributed by atoms with Crippen molar-refractivity contribution in [3.8, 4) is 5.75 Å². The van der Waals surface area contributed by atoms with Crippen LogP contribution in [-0.4, -0.2) is 30.1 Å². The van der Waals surface area contributed by atoms with Crippen LogP contribution in [0.1, 0.15) is 19.4 Å². The number of ether oxygens (including phenoxy) is 1. The third kappa shape index (κ3) is 4.89. The smallest absolute Gasteiger partial charge is 0.269 e. The second kappa shape index (κ2) is 7.87. The lowest BCUT2D eigenvalue weighted by Gasteiger charge is -2.23. The lowest BCUT2D eigenvalue weighted by Crippen LogP contribution is -2.52. The highest BCUT2D eigenvalue weighted by molar-refractivity contribution is 7.99. The summed E-state index contributed by atoms with van der Waals surface area (Å²) in [6, 6.07) is 7.34. The maximum absolute atomic E-state index is 11.9. The van der Waals surface area contributed by atoms with Gasteiger partial charge in [0.25, 0.3) is 11.8 Å². The Kier molecular flexibility index (Phi) is 5.87. The van der Waals surface area contributed by atoms with Crippen molar-refractivity contribution >= 4 is 29.7 Å². The van der Waals surface area contributed by atoms with Crippen LogP contribution in [0.15, 0.2) is 41.6 Å². The number of carbonyl (C=O) groups excluding carboxylic acids is 2. The van der Waals surface area contributed by atoms with E-state index in [0.29, 0.717) is 6.61 Å². The first-order valence-corrected chi connectivity index (χ1v) is 8.51. The third-order valence-corrected chi connectivity index (χ3v) is 3.97. The molecule has 1 aliphatic heterocycles. The molecule has 1 aromatic rings. The molecule has 1 atom stereocenters. The maximum Gasteiger partial charge on any atom is 0.269 e. The molecule has 23 heavy (non-hydrogen) atoms. The summed E-state index contributed by atoms with van der Waals surface area (Å²) in [5.74, 6) is 0.252. The summed E-state index contributed by atoms with van der Waals surface area (Å²) in [7, 11) is 0. The number of thioether (sulfide) groups is 1. The third-order valence-electron chi connectivity index (χ3n) is 3.17. The summed E-state index contributed by atoms with van der Waals surface area (Å²) in [5, 5.41) is 4.74. The second-order valence-corrected chi connectivity index (χ2v) is 6.24. The van der Waals surface area contributed by atoms with Gasteiger partial charge in [-0.15, -0.1) is 11.8 Å². The summed E-state index contributed by atoms with van der Waals surface area (Å²) >= 11 is 1.28. The van der Waals surface area contributed by atoms with Crippen molar-refractivity contribution in [2.24, 2.45) is 0 Å². The molecule has 6 heteroatoms. The summed E-state index contributed by atoms with van der Waals surface area (Å²) < 4.78 is 5.58. The predicted octanol–water partition coefficient (Wildman–Crippen LogP) is 2.31. The topological polar surface area (TPSA) is 67.4 Å². The first-order chi connectivity index (χ1) is 11.0. The van der Waals surface area contributed by atoms with Gasteiger partial charge >= 0.3 is 0 Å². The highest BCUT2D eigenvalue weighted by atomic mass is 32.2. The van der Waals surface area contributed by atoms with Crippen molar-refractivity contribution in [2.75, 3.05) is 12.9 Å². The van der Waals surface area contributed by atoms with Gasteiger partial charge in [0.1, 0.15) is 18.1 Å². The molecule has 5 nitrogen and oxygen atoms in total. The quantitative estimate of drug-likeness (QED) is 0.641. The number of piperazine rings is 1. The molecule has 122 valence electrons. The van der Waals surface area contributed by atoms with Crippen molar-refractivity contribution < 1.29 is 14.3 Å². The summed E-state index contributed by atoms with van der Waals surface area (Å²) in [5.41, 5.74) is 2.26. The van der Waals surface area contributed by atoms with E-state index in [4.69, 9.17) is 4.74 Å². The van der Waals surface area contributed by atoms with Crippen molar-refractivity contribution in [1.29, 1.82) is 0 Å². The number of hydrogen-bond acceptors (Lipinski definition) is 4. The fraction of sp³-hybridized carbons (Fsp3) is 0.294. The molecule has 0 unspecified atom stereocenters. The Balaban J connectivity index is 2.03. The SMILES string of the molecule is CS[C@@H]1NC(=O)/C(=C/c2ccc(OCC=C(C)C)cc2)NC1=O. The summed E-state index contributed by atoms with van der Waals surface area (Å²) in [6.45, 7) is 4.56. The minimum atomic E-state index is -0.537. The molecule has 2 amide bonds. The van der Waals surface area contributed by atoms with E-state index >= 15 is 0 Å². The van der Waals surface area contributed by atoms with Gasteiger partial charge in [-0.2, -0.15) is 0 Å². The summed E-state index contributed by atoms with van der Waals surface area (Å²) in [6.07, 6.45) is 5.41. The molecule has 1 fully saturated rings. The zero-order valence-electron chi connectivity index (χ0n) is 13.4. The Morgan fingerprint density at radius 3 is 2.57 bits per heavy atom. The standard InChI is InChI=1S/C17H20N2O3S/c1-11(2)8-9-22-13-6-4-12(5-7-13)10-14-15(20)19-17(23-3)16(21)18-14/h4-8,10,17H,9H2,1-3H3,(H,18,21)(H,19,20)/b14-10-/t17-/m0/s1. The average molecular weight is 332 g/mol. The van der Waals surface area contributed by atoms with E-state index in [0.717, 1.165) is 11.3 Å². The minimum Gasteiger partial charge on any atom is -0.490 e. The molecule has 1 saturated heterocycles. The van der Waals surface area contributed by atoms with Crippen LogP contribution in [0.4, 0.5) is 0 Å². The number of benzene rings is 1. The molecule has 1 heterocycles. The molecule has 0 saturated carbocycles. The molecular weight excluding hydrogens is 312 g/mol. The largest absolute Gasteiger partial charge is 0.490 e. The Labute approximate surface area is 140 Å². The Hall–Kier alpha value is -2.21. The monoisotopic (exact) mass is 332 g/mol. The van der Waals surface area contributed by atoms with E-state index in [2.05, 4.69) is 10.6 Å². The lowest BCUT2D eigenvalue weighted by molar-refractivity contribution is -0.128. The van der Waals surface area contributed by atoms with E-state index in [-0.39, 0.29) is 17.5 Å². The van der Waals surface area contributed by atoms with Crippen LogP contribution in [0.3, 0.4) is 0 Å². The minimum absolute atomic E-state index is 0.218. The van der Waals surface area contributed by atoms with E-state index in [1.54, 1.807) is 12.3 Å². The van der Waals surface area contributed by atoms with Gasteiger partial charge in [0.15, 0.2) is 5.37 Å². The zero-order chi connectivity index (χ0) is 16.8. The van der Waals surface area contributed by atoms with Gasteiger partial charge in [-0.1, -0.05) is 17.7 Å². The van der Waals surface area contributed by atoms with Gasteiger partial charge in [0.05, 0.1) is 0 Å². The number of allylic oxidation sites excluding steroid dienone is 1. The first-order valence-electron chi connectivity index (χ1n) is 7.22. The van der Waals surface area contributed by atoms with Gasteiger partial charge in [-0.3, -0.25) is 9.59 Å². The highest BCUT2D eigenvalue weighted by Gasteiger charge is 2.28. The number of nitrogens with one attached hydrogen (secondary N) is 2. The molecule has 0 bridgehead atoms. The number of carbonyl (C=O) groups is 2. The lowest BCUT2D eigenvalue weighted by atomic mass is 10.1. The molecule has 0 aliphatic carbocycles. The fourth-order valence-electron chi connectivity index (χ4n) is 1.92. The molecule has 0 spiro atoms. The summed E-state index contributed by atoms with van der Waals surface area (Å²) in [4.78, 5) is 23.7. The van der Waals surface area contributed by atoms with E-state index < -0.39 is 5.37 Å². The van der Waals surface area contributed by atoms with Gasteiger partial charge in [-0.25, -0.2) is 0 Å². The fourth-order valence-corrected chi connectivity index (χ4v) is 2.41. The Morgan fingerprint density at radius 2 is 1.96 bits per heavy atom. The Bertz CT molecular complexity index is 646. The number of amides is 2. The zero-order valence-corrected chi connectivity index (χ0v) is 14.2. The maximum atomic E-state index is 11.9. The van der Waals surface area contributed by atoms with Crippen molar-refractivity contribution in [3.05, 3.63) is 47.2 Å². The molecular formula is C17H20N2O3S. The predicted molar refractivity (Wildman–Crippen MR) is 92.9 cm³/mol. The first kappa shape index (κ1) is 17.1. The van der Waals surface area contributed by atoms with Crippen LogP contribution in [0.5, 0.6) is 5.75 Å².